The van der Waals surface area contributed by atoms with Crippen molar-refractivity contribution in [2.24, 2.45) is 0 Å². The van der Waals surface area contributed by atoms with E-state index < -0.39 is 5.97 Å². The summed E-state index contributed by atoms with van der Waals surface area (Å²) in [5.41, 5.74) is 3.01. The van der Waals surface area contributed by atoms with Gasteiger partial charge in [-0.15, -0.1) is 11.3 Å². The van der Waals surface area contributed by atoms with Crippen LogP contribution in [0.2, 0.25) is 0 Å². The largest absolute Gasteiger partial charge is 0.462 e. The summed E-state index contributed by atoms with van der Waals surface area (Å²) in [4.78, 5) is 24.9. The molecule has 0 saturated carbocycles. The fourth-order valence-corrected chi connectivity index (χ4v) is 3.61. The second-order valence-electron chi connectivity index (χ2n) is 5.65. The van der Waals surface area contributed by atoms with E-state index >= 15 is 0 Å². The van der Waals surface area contributed by atoms with Gasteiger partial charge >= 0.3 is 5.97 Å². The Labute approximate surface area is 156 Å². The minimum Gasteiger partial charge on any atom is -0.462 e. The van der Waals surface area contributed by atoms with E-state index in [9.17, 15) is 9.59 Å². The maximum Gasteiger partial charge on any atom is 0.341 e. The molecule has 0 aliphatic carbocycles. The SMILES string of the molecule is CCOC(=O)c1c(-c2ccccc2)csc1NC(=O)Cc1ccccc1. The average molecular weight is 365 g/mol. The number of carbonyl (C=O) groups excluding carboxylic acids is 2. The summed E-state index contributed by atoms with van der Waals surface area (Å²) in [5, 5.41) is 5.26. The maximum atomic E-state index is 12.5. The fourth-order valence-electron chi connectivity index (χ4n) is 2.64. The molecule has 1 aromatic heterocycles. The third kappa shape index (κ3) is 4.18. The van der Waals surface area contributed by atoms with Gasteiger partial charge in [-0.1, -0.05) is 60.7 Å². The van der Waals surface area contributed by atoms with Gasteiger partial charge in [0.2, 0.25) is 5.91 Å². The number of carbonyl (C=O) groups is 2. The first-order valence-electron chi connectivity index (χ1n) is 8.37. The Morgan fingerprint density at radius 1 is 1.00 bits per heavy atom. The highest BCUT2D eigenvalue weighted by molar-refractivity contribution is 7.15. The minimum atomic E-state index is -0.428. The summed E-state index contributed by atoms with van der Waals surface area (Å²) < 4.78 is 5.21. The molecule has 132 valence electrons. The quantitative estimate of drug-likeness (QED) is 0.640. The summed E-state index contributed by atoms with van der Waals surface area (Å²) in [7, 11) is 0. The van der Waals surface area contributed by atoms with Crippen LogP contribution in [0.4, 0.5) is 5.00 Å². The van der Waals surface area contributed by atoms with Crippen molar-refractivity contribution in [1.29, 1.82) is 0 Å². The lowest BCUT2D eigenvalue weighted by molar-refractivity contribution is -0.115. The molecular weight excluding hydrogens is 346 g/mol. The van der Waals surface area contributed by atoms with Gasteiger partial charge in [-0.2, -0.15) is 0 Å². The molecule has 3 aromatic rings. The number of anilines is 1. The van der Waals surface area contributed by atoms with E-state index in [1.165, 1.54) is 11.3 Å². The van der Waals surface area contributed by atoms with Gasteiger partial charge in [0, 0.05) is 10.9 Å². The Kier molecular flexibility index (Phi) is 5.81. The Hall–Kier alpha value is -2.92. The molecule has 0 bridgehead atoms. The van der Waals surface area contributed by atoms with E-state index in [1.807, 2.05) is 66.0 Å². The Bertz CT molecular complexity index is 888. The molecule has 0 unspecified atom stereocenters. The standard InChI is InChI=1S/C21H19NO3S/c1-2-25-21(24)19-17(16-11-7-4-8-12-16)14-26-20(19)22-18(23)13-15-9-5-3-6-10-15/h3-12,14H,2,13H2,1H3,(H,22,23). The normalized spacial score (nSPS) is 10.3. The van der Waals surface area contributed by atoms with Crippen molar-refractivity contribution < 1.29 is 14.3 Å². The molecule has 0 fully saturated rings. The van der Waals surface area contributed by atoms with Crippen LogP contribution in [-0.2, 0) is 16.0 Å². The van der Waals surface area contributed by atoms with E-state index in [-0.39, 0.29) is 18.9 Å². The molecule has 0 radical (unpaired) electrons. The lowest BCUT2D eigenvalue weighted by atomic mass is 10.0. The third-order valence-electron chi connectivity index (χ3n) is 3.82. The number of esters is 1. The zero-order chi connectivity index (χ0) is 18.4. The summed E-state index contributed by atoms with van der Waals surface area (Å²) in [6.45, 7) is 2.04. The number of amides is 1. The van der Waals surface area contributed by atoms with E-state index in [2.05, 4.69) is 5.32 Å². The molecule has 4 nitrogen and oxygen atoms in total. The van der Waals surface area contributed by atoms with Crippen molar-refractivity contribution in [3.63, 3.8) is 0 Å². The van der Waals surface area contributed by atoms with Gasteiger partial charge in [-0.05, 0) is 18.1 Å². The van der Waals surface area contributed by atoms with Crippen LogP contribution in [0, 0.1) is 0 Å². The summed E-state index contributed by atoms with van der Waals surface area (Å²) in [6.07, 6.45) is 0.252. The lowest BCUT2D eigenvalue weighted by Crippen LogP contribution is -2.16. The van der Waals surface area contributed by atoms with Gasteiger partial charge in [0.25, 0.3) is 0 Å². The molecule has 0 saturated heterocycles. The van der Waals surface area contributed by atoms with Gasteiger partial charge in [0.15, 0.2) is 0 Å². The van der Waals surface area contributed by atoms with Gasteiger partial charge in [-0.25, -0.2) is 4.79 Å². The predicted octanol–water partition coefficient (Wildman–Crippen LogP) is 4.77. The van der Waals surface area contributed by atoms with Crippen LogP contribution in [0.25, 0.3) is 11.1 Å². The third-order valence-corrected chi connectivity index (χ3v) is 4.71. The molecule has 0 aliphatic heterocycles. The second kappa shape index (κ2) is 8.45. The molecule has 1 amide bonds. The van der Waals surface area contributed by atoms with Gasteiger partial charge in [-0.3, -0.25) is 4.79 Å². The van der Waals surface area contributed by atoms with Crippen molar-refractivity contribution in [2.45, 2.75) is 13.3 Å². The van der Waals surface area contributed by atoms with Gasteiger partial charge in [0.05, 0.1) is 13.0 Å². The van der Waals surface area contributed by atoms with Gasteiger partial charge < -0.3 is 10.1 Å². The average Bonchev–Trinajstić information content (AvgIpc) is 3.07. The molecule has 0 spiro atoms. The maximum absolute atomic E-state index is 12.5. The minimum absolute atomic E-state index is 0.164. The van der Waals surface area contributed by atoms with E-state index in [0.717, 1.165) is 16.7 Å². The van der Waals surface area contributed by atoms with Crippen LogP contribution in [0.1, 0.15) is 22.8 Å². The molecule has 1 heterocycles. The Morgan fingerprint density at radius 2 is 1.65 bits per heavy atom. The van der Waals surface area contributed by atoms with Crippen LogP contribution in [0.5, 0.6) is 0 Å². The number of ether oxygens (including phenoxy) is 1. The number of hydrogen-bond acceptors (Lipinski definition) is 4. The van der Waals surface area contributed by atoms with E-state index in [0.29, 0.717) is 10.6 Å². The molecule has 1 N–H and O–H groups in total. The first kappa shape index (κ1) is 17.9. The Morgan fingerprint density at radius 3 is 2.31 bits per heavy atom. The first-order valence-corrected chi connectivity index (χ1v) is 9.24. The van der Waals surface area contributed by atoms with Crippen molar-refractivity contribution in [1.82, 2.24) is 0 Å². The topological polar surface area (TPSA) is 55.4 Å². The van der Waals surface area contributed by atoms with Crippen molar-refractivity contribution in [3.05, 3.63) is 77.2 Å². The number of rotatable bonds is 6. The van der Waals surface area contributed by atoms with Crippen LogP contribution >= 0.6 is 11.3 Å². The zero-order valence-corrected chi connectivity index (χ0v) is 15.2. The molecule has 2 aromatic carbocycles. The molecule has 26 heavy (non-hydrogen) atoms. The highest BCUT2D eigenvalue weighted by atomic mass is 32.1. The summed E-state index contributed by atoms with van der Waals surface area (Å²) >= 11 is 1.33. The molecule has 0 atom stereocenters. The molecular formula is C21H19NO3S. The summed E-state index contributed by atoms with van der Waals surface area (Å²) in [6, 6.07) is 19.1. The number of hydrogen-bond donors (Lipinski definition) is 1. The van der Waals surface area contributed by atoms with E-state index in [1.54, 1.807) is 6.92 Å². The first-order chi connectivity index (χ1) is 12.7. The predicted molar refractivity (Wildman–Crippen MR) is 104 cm³/mol. The summed E-state index contributed by atoms with van der Waals surface area (Å²) in [5.74, 6) is -0.592. The highest BCUT2D eigenvalue weighted by Gasteiger charge is 2.22. The van der Waals surface area contributed by atoms with Crippen molar-refractivity contribution in [3.8, 4) is 11.1 Å². The monoisotopic (exact) mass is 365 g/mol. The molecule has 5 heteroatoms. The van der Waals surface area contributed by atoms with Crippen LogP contribution in [-0.4, -0.2) is 18.5 Å². The van der Waals surface area contributed by atoms with Crippen molar-refractivity contribution >= 4 is 28.2 Å². The van der Waals surface area contributed by atoms with Crippen LogP contribution in [0.3, 0.4) is 0 Å². The lowest BCUT2D eigenvalue weighted by Gasteiger charge is -2.09. The molecule has 0 aliphatic rings. The zero-order valence-electron chi connectivity index (χ0n) is 14.4. The smallest absolute Gasteiger partial charge is 0.341 e. The molecule has 3 rings (SSSR count). The van der Waals surface area contributed by atoms with Crippen molar-refractivity contribution in [2.75, 3.05) is 11.9 Å². The van der Waals surface area contributed by atoms with Crippen LogP contribution < -0.4 is 5.32 Å². The van der Waals surface area contributed by atoms with Gasteiger partial charge in [0.1, 0.15) is 10.6 Å². The highest BCUT2D eigenvalue weighted by Crippen LogP contribution is 2.36. The van der Waals surface area contributed by atoms with Crippen LogP contribution in [0.15, 0.2) is 66.0 Å². The Balaban J connectivity index is 1.88. The number of nitrogens with one attached hydrogen (secondary N) is 1. The number of benzene rings is 2. The number of thiophene rings is 1. The van der Waals surface area contributed by atoms with E-state index in [4.69, 9.17) is 4.74 Å². The fraction of sp³-hybridized carbons (Fsp3) is 0.143. The second-order valence-corrected chi connectivity index (χ2v) is 6.53.